The van der Waals surface area contributed by atoms with Gasteiger partial charge in [-0.3, -0.25) is 4.79 Å². The second-order valence-electron chi connectivity index (χ2n) is 9.83. The number of ether oxygens (including phenoxy) is 1. The number of aliphatic hydroxyl groups excluding tert-OH is 1. The van der Waals surface area contributed by atoms with Crippen molar-refractivity contribution in [3.63, 3.8) is 0 Å². The summed E-state index contributed by atoms with van der Waals surface area (Å²) in [6.45, 7) is 0.755. The predicted octanol–water partition coefficient (Wildman–Crippen LogP) is 2.80. The Morgan fingerprint density at radius 3 is 2.69 bits per heavy atom. The summed E-state index contributed by atoms with van der Waals surface area (Å²) < 4.78 is 5.68. The molecule has 1 aromatic carbocycles. The number of nitrogens with two attached hydrogens (primary N) is 1. The van der Waals surface area contributed by atoms with Gasteiger partial charge in [-0.05, 0) is 67.2 Å². The first kappa shape index (κ1) is 24.8. The molecule has 2 aromatic rings. The Morgan fingerprint density at radius 1 is 1.22 bits per heavy atom. The largest absolute Gasteiger partial charge is 0.495 e. The molecule has 1 amide bonds. The monoisotopic (exact) mass is 512 g/mol. The smallest absolute Gasteiger partial charge is 0.229 e. The summed E-state index contributed by atoms with van der Waals surface area (Å²) in [6.07, 6.45) is 10.6. The first-order valence-electron chi connectivity index (χ1n) is 12.5. The molecule has 0 aliphatic heterocycles. The van der Waals surface area contributed by atoms with Gasteiger partial charge in [0.15, 0.2) is 5.82 Å². The highest BCUT2D eigenvalue weighted by atomic mass is 35.5. The highest BCUT2D eigenvalue weighted by Crippen LogP contribution is 2.45. The first-order chi connectivity index (χ1) is 17.5. The summed E-state index contributed by atoms with van der Waals surface area (Å²) in [7, 11) is 1.65. The number of aromatic nitrogens is 2. The van der Waals surface area contributed by atoms with Crippen molar-refractivity contribution in [2.45, 2.75) is 44.2 Å². The Balaban J connectivity index is 1.35. The molecular weight excluding hydrogens is 480 g/mol. The van der Waals surface area contributed by atoms with Gasteiger partial charge in [-0.15, -0.1) is 0 Å². The fourth-order valence-electron chi connectivity index (χ4n) is 5.89. The predicted molar refractivity (Wildman–Crippen MR) is 140 cm³/mol. The maximum absolute atomic E-state index is 12.1. The van der Waals surface area contributed by atoms with Crippen LogP contribution in [0.5, 0.6) is 5.75 Å². The number of benzene rings is 1. The maximum Gasteiger partial charge on any atom is 0.229 e. The van der Waals surface area contributed by atoms with Gasteiger partial charge in [-0.1, -0.05) is 23.8 Å². The van der Waals surface area contributed by atoms with Crippen molar-refractivity contribution in [1.82, 2.24) is 15.3 Å². The lowest BCUT2D eigenvalue weighted by molar-refractivity contribution is -0.122. The van der Waals surface area contributed by atoms with Crippen molar-refractivity contribution >= 4 is 35.0 Å². The van der Waals surface area contributed by atoms with E-state index < -0.39 is 0 Å². The van der Waals surface area contributed by atoms with Crippen LogP contribution in [-0.4, -0.2) is 53.3 Å². The van der Waals surface area contributed by atoms with Gasteiger partial charge in [0.2, 0.25) is 11.9 Å². The zero-order chi connectivity index (χ0) is 25.2. The molecule has 10 heteroatoms. The quantitative estimate of drug-likeness (QED) is 0.256. The number of carbonyl (C=O) groups is 1. The number of methoxy groups -OCH3 is 1. The van der Waals surface area contributed by atoms with Crippen LogP contribution < -0.4 is 26.4 Å². The molecule has 2 bridgehead atoms. The number of nitrogens with zero attached hydrogens (tertiary/aromatic N) is 2. The molecule has 0 radical (unpaired) electrons. The minimum absolute atomic E-state index is 0.144. The SMILES string of the molecule is COc1cc2c(cc1Nc1ncc(Cl)c(N[C@H]3[C@@H](C(N)=O)[C@@H]4C=C[C@H]3C4)n1)CCC(NCCO)CC2. The van der Waals surface area contributed by atoms with Crippen LogP contribution in [0.15, 0.2) is 30.5 Å². The standard InChI is InChI=1S/C26H33ClN6O3/c1-36-21-12-15-5-7-18(29-8-9-34)6-4-14(15)11-20(21)31-26-30-13-19(27)25(33-26)32-23-17-3-2-16(10-17)22(23)24(28)35/h2-3,11-13,16-18,22-23,29,34H,4-10H2,1H3,(H2,28,35)(H2,30,31,32,33)/t16-,17+,18?,22+,23-/m1/s1. The van der Waals surface area contributed by atoms with Crippen molar-refractivity contribution in [2.75, 3.05) is 30.9 Å². The number of amides is 1. The fraction of sp³-hybridized carbons (Fsp3) is 0.500. The maximum atomic E-state index is 12.1. The second kappa shape index (κ2) is 10.6. The zero-order valence-corrected chi connectivity index (χ0v) is 21.1. The number of rotatable bonds is 9. The number of hydrogen-bond donors (Lipinski definition) is 5. The third-order valence-electron chi connectivity index (χ3n) is 7.67. The van der Waals surface area contributed by atoms with Crippen molar-refractivity contribution in [3.05, 3.63) is 46.6 Å². The lowest BCUT2D eigenvalue weighted by Crippen LogP contribution is -2.41. The highest BCUT2D eigenvalue weighted by molar-refractivity contribution is 6.32. The van der Waals surface area contributed by atoms with E-state index in [-0.39, 0.29) is 36.3 Å². The number of carbonyl (C=O) groups excluding carboxylic acids is 1. The van der Waals surface area contributed by atoms with Crippen LogP contribution in [0.1, 0.15) is 30.4 Å². The third kappa shape index (κ3) is 5.00. The molecule has 3 aliphatic rings. The van der Waals surface area contributed by atoms with Gasteiger partial charge in [0.05, 0.1) is 31.5 Å². The molecule has 192 valence electrons. The number of halogens is 1. The van der Waals surface area contributed by atoms with Crippen molar-refractivity contribution in [1.29, 1.82) is 0 Å². The minimum atomic E-state index is -0.309. The number of aliphatic hydroxyl groups is 1. The molecule has 1 fully saturated rings. The Kier molecular flexibility index (Phi) is 7.32. The van der Waals surface area contributed by atoms with Crippen molar-refractivity contribution < 1.29 is 14.6 Å². The number of allylic oxidation sites excluding steroid dienone is 1. The van der Waals surface area contributed by atoms with Gasteiger partial charge >= 0.3 is 0 Å². The molecule has 5 rings (SSSR count). The molecule has 6 N–H and O–H groups in total. The Morgan fingerprint density at radius 2 is 1.97 bits per heavy atom. The van der Waals surface area contributed by atoms with Crippen LogP contribution in [0.3, 0.4) is 0 Å². The molecule has 0 spiro atoms. The van der Waals surface area contributed by atoms with E-state index in [2.05, 4.69) is 50.2 Å². The topological polar surface area (TPSA) is 134 Å². The van der Waals surface area contributed by atoms with Gasteiger partial charge in [-0.25, -0.2) is 4.98 Å². The number of fused-ring (bicyclic) bond motifs is 3. The second-order valence-corrected chi connectivity index (χ2v) is 10.2. The van der Waals surface area contributed by atoms with Crippen LogP contribution >= 0.6 is 11.6 Å². The lowest BCUT2D eigenvalue weighted by Gasteiger charge is -2.27. The zero-order valence-electron chi connectivity index (χ0n) is 20.3. The molecule has 36 heavy (non-hydrogen) atoms. The molecular formula is C26H33ClN6O3. The van der Waals surface area contributed by atoms with Crippen LogP contribution in [0.4, 0.5) is 17.5 Å². The van der Waals surface area contributed by atoms with E-state index in [1.165, 1.54) is 11.1 Å². The minimum Gasteiger partial charge on any atom is -0.495 e. The molecule has 0 saturated heterocycles. The van der Waals surface area contributed by atoms with Gasteiger partial charge in [0.1, 0.15) is 10.8 Å². The van der Waals surface area contributed by atoms with Crippen molar-refractivity contribution in [3.8, 4) is 5.75 Å². The summed E-state index contributed by atoms with van der Waals surface area (Å²) in [5.41, 5.74) is 9.02. The molecule has 1 aromatic heterocycles. The van der Waals surface area contributed by atoms with E-state index in [9.17, 15) is 4.79 Å². The van der Waals surface area contributed by atoms with E-state index >= 15 is 0 Å². The van der Waals surface area contributed by atoms with E-state index in [1.54, 1.807) is 13.3 Å². The van der Waals surface area contributed by atoms with Gasteiger partial charge in [0.25, 0.3) is 0 Å². The number of aryl methyl sites for hydroxylation is 2. The van der Waals surface area contributed by atoms with Gasteiger partial charge in [0, 0.05) is 18.6 Å². The van der Waals surface area contributed by atoms with Crippen LogP contribution in [-0.2, 0) is 17.6 Å². The van der Waals surface area contributed by atoms with Crippen molar-refractivity contribution in [2.24, 2.45) is 23.5 Å². The van der Waals surface area contributed by atoms with E-state index in [0.717, 1.165) is 43.5 Å². The average molecular weight is 513 g/mol. The summed E-state index contributed by atoms with van der Waals surface area (Å²) in [5.74, 6) is 1.35. The molecule has 1 saturated carbocycles. The summed E-state index contributed by atoms with van der Waals surface area (Å²) >= 11 is 6.43. The number of anilines is 3. The normalized spacial score (nSPS) is 26.4. The number of primary amides is 1. The lowest BCUT2D eigenvalue weighted by atomic mass is 9.88. The average Bonchev–Trinajstić information content (AvgIpc) is 3.42. The molecule has 5 atom stereocenters. The summed E-state index contributed by atoms with van der Waals surface area (Å²) in [5, 5.41) is 19.6. The molecule has 9 nitrogen and oxygen atoms in total. The van der Waals surface area contributed by atoms with E-state index in [0.29, 0.717) is 29.4 Å². The summed E-state index contributed by atoms with van der Waals surface area (Å²) in [6, 6.07) is 4.43. The highest BCUT2D eigenvalue weighted by Gasteiger charge is 2.47. The summed E-state index contributed by atoms with van der Waals surface area (Å²) in [4.78, 5) is 21.1. The van der Waals surface area contributed by atoms with E-state index in [4.69, 9.17) is 27.2 Å². The number of nitrogens with one attached hydrogen (secondary N) is 3. The first-order valence-corrected chi connectivity index (χ1v) is 12.9. The number of hydrogen-bond acceptors (Lipinski definition) is 8. The Hall–Kier alpha value is -2.88. The van der Waals surface area contributed by atoms with Crippen LogP contribution in [0.2, 0.25) is 5.02 Å². The third-order valence-corrected chi connectivity index (χ3v) is 7.95. The molecule has 1 heterocycles. The van der Waals surface area contributed by atoms with Crippen LogP contribution in [0, 0.1) is 17.8 Å². The van der Waals surface area contributed by atoms with Gasteiger partial charge in [-0.2, -0.15) is 4.98 Å². The Labute approximate surface area is 215 Å². The fourth-order valence-corrected chi connectivity index (χ4v) is 6.03. The molecule has 1 unspecified atom stereocenters. The van der Waals surface area contributed by atoms with Gasteiger partial charge < -0.3 is 31.5 Å². The Bertz CT molecular complexity index is 1160. The van der Waals surface area contributed by atoms with E-state index in [1.807, 2.05) is 0 Å². The van der Waals surface area contributed by atoms with Crippen LogP contribution in [0.25, 0.3) is 0 Å². The molecule has 3 aliphatic carbocycles.